The molecule has 8 atom stereocenters. The molecule has 0 radical (unpaired) electrons. The van der Waals surface area contributed by atoms with Crippen molar-refractivity contribution < 1.29 is 33.8 Å². The number of carboxylic acid groups (broad SMARTS) is 1. The summed E-state index contributed by atoms with van der Waals surface area (Å²) >= 11 is 0. The number of ether oxygens (including phenoxy) is 2. The second kappa shape index (κ2) is 21.7. The molecule has 1 fully saturated rings. The Morgan fingerprint density at radius 1 is 1.02 bits per heavy atom. The zero-order chi connectivity index (χ0) is 35.7. The van der Waals surface area contributed by atoms with Crippen molar-refractivity contribution in [1.82, 2.24) is 15.1 Å². The van der Waals surface area contributed by atoms with Crippen LogP contribution in [0.5, 0.6) is 0 Å². The fourth-order valence-corrected chi connectivity index (χ4v) is 6.02. The molecule has 1 aliphatic rings. The minimum atomic E-state index is -1.17. The lowest BCUT2D eigenvalue weighted by molar-refractivity contribution is -0.148. The highest BCUT2D eigenvalue weighted by Crippen LogP contribution is 2.30. The summed E-state index contributed by atoms with van der Waals surface area (Å²) < 4.78 is 11.7. The molecule has 0 aromatic carbocycles. The third-order valence-corrected chi connectivity index (χ3v) is 9.30. The van der Waals surface area contributed by atoms with Crippen LogP contribution in [0.1, 0.15) is 87.5 Å². The highest BCUT2D eigenvalue weighted by Gasteiger charge is 2.42. The number of carbonyl (C=O) groups excluding carboxylic acids is 3. The van der Waals surface area contributed by atoms with Crippen LogP contribution < -0.4 is 5.32 Å². The molecule has 3 amide bonds. The van der Waals surface area contributed by atoms with E-state index < -0.39 is 36.0 Å². The van der Waals surface area contributed by atoms with E-state index in [1.807, 2.05) is 34.6 Å². The Bertz CT molecular complexity index is 1030. The summed E-state index contributed by atoms with van der Waals surface area (Å²) in [6.45, 7) is 23.6. The Kier molecular flexibility index (Phi) is 20.3. The maximum absolute atomic E-state index is 13.9. The third kappa shape index (κ3) is 12.0. The maximum atomic E-state index is 13.9. The van der Waals surface area contributed by atoms with Gasteiger partial charge in [-0.05, 0) is 30.3 Å². The number of likely N-dealkylation sites (tertiary alicyclic amines) is 1. The molecule has 0 aromatic rings. The van der Waals surface area contributed by atoms with E-state index in [-0.39, 0.29) is 54.5 Å². The molecule has 264 valence electrons. The Labute approximate surface area is 278 Å². The molecule has 46 heavy (non-hydrogen) atoms. The van der Waals surface area contributed by atoms with E-state index in [4.69, 9.17) is 9.47 Å². The van der Waals surface area contributed by atoms with Crippen molar-refractivity contribution in [2.75, 3.05) is 27.8 Å². The molecule has 0 spiro atoms. The van der Waals surface area contributed by atoms with Crippen LogP contribution in [-0.2, 0) is 28.7 Å². The minimum Gasteiger partial charge on any atom is -0.480 e. The molecule has 10 heteroatoms. The van der Waals surface area contributed by atoms with Crippen molar-refractivity contribution >= 4 is 23.7 Å². The first kappa shape index (κ1) is 43.0. The Balaban J connectivity index is 0.00000991. The number of methoxy groups -OCH3 is 2. The van der Waals surface area contributed by atoms with Gasteiger partial charge in [0.25, 0.3) is 0 Å². The van der Waals surface area contributed by atoms with Crippen LogP contribution in [0.25, 0.3) is 0 Å². The monoisotopic (exact) mass is 649 g/mol. The van der Waals surface area contributed by atoms with E-state index in [9.17, 15) is 24.3 Å². The Morgan fingerprint density at radius 2 is 1.63 bits per heavy atom. The first-order valence-corrected chi connectivity index (χ1v) is 16.8. The number of rotatable bonds is 19. The lowest BCUT2D eigenvalue weighted by Gasteiger charge is -2.40. The summed E-state index contributed by atoms with van der Waals surface area (Å²) in [4.78, 5) is 55.9. The fraction of sp³-hybridized carbons (Fsp3) is 0.722. The van der Waals surface area contributed by atoms with Gasteiger partial charge >= 0.3 is 5.97 Å². The molecule has 7 unspecified atom stereocenters. The molecule has 0 bridgehead atoms. The van der Waals surface area contributed by atoms with Gasteiger partial charge in [0.1, 0.15) is 6.04 Å². The number of carboxylic acids is 1. The van der Waals surface area contributed by atoms with E-state index >= 15 is 0 Å². The fourth-order valence-electron chi connectivity index (χ4n) is 6.02. The first-order valence-electron chi connectivity index (χ1n) is 16.8. The molecule has 1 rings (SSSR count). The zero-order valence-corrected chi connectivity index (χ0v) is 30.4. The number of carbonyl (C=O) groups is 4. The summed E-state index contributed by atoms with van der Waals surface area (Å²) in [5, 5.41) is 12.4. The molecular weight excluding hydrogens is 586 g/mol. The van der Waals surface area contributed by atoms with E-state index in [0.29, 0.717) is 18.5 Å². The summed E-state index contributed by atoms with van der Waals surface area (Å²) in [6.07, 6.45) is 5.87. The number of nitrogens with one attached hydrogen (secondary N) is 1. The number of likely N-dealkylation sites (N-methyl/N-ethyl adjacent to an activating group) is 1. The molecular formula is C36H63N3O7. The summed E-state index contributed by atoms with van der Waals surface area (Å²) in [5.41, 5.74) is 0.630. The van der Waals surface area contributed by atoms with Gasteiger partial charge in [0, 0.05) is 40.2 Å². The van der Waals surface area contributed by atoms with Crippen molar-refractivity contribution in [2.24, 2.45) is 23.7 Å². The molecule has 0 saturated carbocycles. The van der Waals surface area contributed by atoms with Gasteiger partial charge in [0.05, 0.1) is 36.6 Å². The Morgan fingerprint density at radius 3 is 2.09 bits per heavy atom. The summed E-state index contributed by atoms with van der Waals surface area (Å²) in [6, 6.07) is -1.83. The number of allylic oxidation sites excluding steroid dienone is 3. The molecule has 0 aromatic heterocycles. The van der Waals surface area contributed by atoms with Crippen LogP contribution in [0.15, 0.2) is 37.0 Å². The predicted octanol–water partition coefficient (Wildman–Crippen LogP) is 5.48. The molecule has 2 N–H and O–H groups in total. The molecule has 10 nitrogen and oxygen atoms in total. The number of aliphatic carboxylic acids is 1. The Hall–Kier alpha value is -2.98. The summed E-state index contributed by atoms with van der Waals surface area (Å²) in [5.74, 6) is -2.37. The van der Waals surface area contributed by atoms with Gasteiger partial charge < -0.3 is 29.7 Å². The topological polar surface area (TPSA) is 125 Å². The van der Waals surface area contributed by atoms with Crippen LogP contribution in [0.4, 0.5) is 0 Å². The molecule has 1 aliphatic heterocycles. The third-order valence-electron chi connectivity index (χ3n) is 9.30. The van der Waals surface area contributed by atoms with Gasteiger partial charge in [-0.25, -0.2) is 4.79 Å². The highest BCUT2D eigenvalue weighted by molar-refractivity contribution is 5.85. The predicted molar refractivity (Wildman–Crippen MR) is 184 cm³/mol. The van der Waals surface area contributed by atoms with Crippen LogP contribution in [0.2, 0.25) is 0 Å². The quantitative estimate of drug-likeness (QED) is 0.178. The zero-order valence-electron chi connectivity index (χ0n) is 30.4. The second-order valence-corrected chi connectivity index (χ2v) is 12.4. The number of amides is 3. The SMILES string of the molecule is C=C/C=C(\C=C)CC(NC(=O)C(C)C(OC)C1CCCN1C(=O)CC(OC)C(C(C)CC)N(C)C(=O)[C@@H](C)C(C)C)C(=O)O.CC. The minimum absolute atomic E-state index is 0.0259. The van der Waals surface area contributed by atoms with Gasteiger partial charge in [-0.2, -0.15) is 0 Å². The first-order chi connectivity index (χ1) is 21.7. The number of nitrogens with zero attached hydrogens (tertiary/aromatic N) is 2. The summed E-state index contributed by atoms with van der Waals surface area (Å²) in [7, 11) is 4.87. The van der Waals surface area contributed by atoms with Crippen LogP contribution in [-0.4, -0.2) is 96.7 Å². The molecule has 1 saturated heterocycles. The van der Waals surface area contributed by atoms with Gasteiger partial charge in [-0.15, -0.1) is 0 Å². The normalized spacial score (nSPS) is 19.4. The largest absolute Gasteiger partial charge is 0.480 e. The van der Waals surface area contributed by atoms with Crippen molar-refractivity contribution in [1.29, 1.82) is 0 Å². The van der Waals surface area contributed by atoms with Gasteiger partial charge in [0.2, 0.25) is 17.7 Å². The van der Waals surface area contributed by atoms with Crippen molar-refractivity contribution in [3.63, 3.8) is 0 Å². The van der Waals surface area contributed by atoms with Crippen LogP contribution >= 0.6 is 0 Å². The highest BCUT2D eigenvalue weighted by atomic mass is 16.5. The maximum Gasteiger partial charge on any atom is 0.326 e. The van der Waals surface area contributed by atoms with Gasteiger partial charge in [0.15, 0.2) is 0 Å². The number of hydrogen-bond acceptors (Lipinski definition) is 6. The van der Waals surface area contributed by atoms with E-state index in [1.165, 1.54) is 19.3 Å². The van der Waals surface area contributed by atoms with E-state index in [2.05, 4.69) is 32.3 Å². The lowest BCUT2D eigenvalue weighted by atomic mass is 9.88. The molecule has 1 heterocycles. The lowest BCUT2D eigenvalue weighted by Crippen LogP contribution is -2.54. The van der Waals surface area contributed by atoms with Crippen molar-refractivity contribution in [3.8, 4) is 0 Å². The average molecular weight is 650 g/mol. The second-order valence-electron chi connectivity index (χ2n) is 12.4. The number of hydrogen-bond donors (Lipinski definition) is 2. The van der Waals surface area contributed by atoms with Crippen LogP contribution in [0, 0.1) is 23.7 Å². The van der Waals surface area contributed by atoms with E-state index in [1.54, 1.807) is 37.0 Å². The molecule has 0 aliphatic carbocycles. The average Bonchev–Trinajstić information content (AvgIpc) is 3.53. The van der Waals surface area contributed by atoms with E-state index in [0.717, 1.165) is 12.8 Å². The van der Waals surface area contributed by atoms with Gasteiger partial charge in [-0.3, -0.25) is 14.4 Å². The smallest absolute Gasteiger partial charge is 0.326 e. The van der Waals surface area contributed by atoms with Crippen molar-refractivity contribution in [3.05, 3.63) is 37.0 Å². The van der Waals surface area contributed by atoms with Crippen molar-refractivity contribution in [2.45, 2.75) is 118 Å². The van der Waals surface area contributed by atoms with Crippen LogP contribution in [0.3, 0.4) is 0 Å². The standard InChI is InChI=1S/C34H57N3O7.C2H6/c1-12-16-25(14-3)19-26(34(41)42)35-32(39)24(8)31(44-11)27-17-15-18-37(27)29(38)20-28(43-10)30(22(6)13-2)36(9)33(40)23(7)21(4)5;1-2/h12,14,16,21-24,26-28,30-31H,1,3,13,15,17-20H2,2,4-11H3,(H,35,39)(H,41,42);1-2H3/b25-16+;/t22?,23-,24?,26?,27?,28?,30?,31?;/m0./s1. The van der Waals surface area contributed by atoms with Gasteiger partial charge in [-0.1, -0.05) is 93.2 Å².